The van der Waals surface area contributed by atoms with Crippen molar-refractivity contribution in [1.82, 2.24) is 25.1 Å². The van der Waals surface area contributed by atoms with E-state index in [0.29, 0.717) is 13.1 Å². The van der Waals surface area contributed by atoms with Gasteiger partial charge in [-0.25, -0.2) is 14.6 Å². The van der Waals surface area contributed by atoms with E-state index in [1.807, 2.05) is 10.7 Å². The van der Waals surface area contributed by atoms with Crippen LogP contribution in [-0.2, 0) is 17.8 Å². The number of anilines is 1. The molecule has 2 aromatic heterocycles. The van der Waals surface area contributed by atoms with Crippen LogP contribution < -0.4 is 10.6 Å². The minimum atomic E-state index is 0.167. The van der Waals surface area contributed by atoms with Crippen molar-refractivity contribution < 1.29 is 4.79 Å². The molecule has 0 spiro atoms. The molecule has 7 nitrogen and oxygen atoms in total. The van der Waals surface area contributed by atoms with Gasteiger partial charge in [-0.3, -0.25) is 4.79 Å². The molecule has 4 rings (SSSR count). The van der Waals surface area contributed by atoms with E-state index in [-0.39, 0.29) is 11.8 Å². The van der Waals surface area contributed by atoms with Gasteiger partial charge in [0.2, 0.25) is 5.91 Å². The summed E-state index contributed by atoms with van der Waals surface area (Å²) in [7, 11) is 0. The Morgan fingerprint density at radius 1 is 1.09 bits per heavy atom. The van der Waals surface area contributed by atoms with Gasteiger partial charge < -0.3 is 10.6 Å². The first-order valence-corrected chi connectivity index (χ1v) is 12.5. The van der Waals surface area contributed by atoms with Gasteiger partial charge >= 0.3 is 0 Å². The largest absolute Gasteiger partial charge is 0.369 e. The van der Waals surface area contributed by atoms with Crippen LogP contribution in [0.2, 0.25) is 0 Å². The van der Waals surface area contributed by atoms with Crippen LogP contribution in [0.1, 0.15) is 57.4 Å². The molecular weight excluding hydrogens is 412 g/mol. The summed E-state index contributed by atoms with van der Waals surface area (Å²) >= 11 is 0. The van der Waals surface area contributed by atoms with Gasteiger partial charge in [0.15, 0.2) is 5.65 Å². The Morgan fingerprint density at radius 3 is 2.70 bits per heavy atom. The van der Waals surface area contributed by atoms with E-state index in [2.05, 4.69) is 56.9 Å². The molecule has 7 heteroatoms. The monoisotopic (exact) mass is 448 g/mol. The van der Waals surface area contributed by atoms with Gasteiger partial charge in [0.05, 0.1) is 18.1 Å². The van der Waals surface area contributed by atoms with Gasteiger partial charge in [0.1, 0.15) is 12.1 Å². The van der Waals surface area contributed by atoms with E-state index < -0.39 is 0 Å². The molecule has 33 heavy (non-hydrogen) atoms. The minimum Gasteiger partial charge on any atom is -0.369 e. The molecule has 1 aliphatic carbocycles. The molecule has 0 saturated heterocycles. The van der Waals surface area contributed by atoms with Crippen molar-refractivity contribution in [1.29, 1.82) is 0 Å². The number of aromatic nitrogens is 4. The van der Waals surface area contributed by atoms with Crippen molar-refractivity contribution in [3.63, 3.8) is 0 Å². The minimum absolute atomic E-state index is 0.167. The SMILES string of the molecule is CCCCC1CCC(C(=O)NCCn2ncc3c(NCCc4ccccc4)ncnc32)CC1. The van der Waals surface area contributed by atoms with Gasteiger partial charge in [0, 0.05) is 19.0 Å². The highest BCUT2D eigenvalue weighted by Gasteiger charge is 2.25. The Kier molecular flexibility index (Phi) is 8.28. The summed E-state index contributed by atoms with van der Waals surface area (Å²) in [5, 5.41) is 11.9. The zero-order valence-electron chi connectivity index (χ0n) is 19.7. The van der Waals surface area contributed by atoms with Crippen LogP contribution in [0.4, 0.5) is 5.82 Å². The number of hydrogen-bond donors (Lipinski definition) is 2. The molecule has 0 aliphatic heterocycles. The second-order valence-electron chi connectivity index (χ2n) is 9.14. The first-order chi connectivity index (χ1) is 16.2. The molecule has 1 fully saturated rings. The topological polar surface area (TPSA) is 84.7 Å². The van der Waals surface area contributed by atoms with Crippen LogP contribution in [0, 0.1) is 11.8 Å². The van der Waals surface area contributed by atoms with Crippen molar-refractivity contribution >= 4 is 22.8 Å². The van der Waals surface area contributed by atoms with Crippen LogP contribution in [-0.4, -0.2) is 38.7 Å². The molecular formula is C26H36N6O. The van der Waals surface area contributed by atoms with Crippen molar-refractivity contribution in [2.75, 3.05) is 18.4 Å². The third-order valence-electron chi connectivity index (χ3n) is 6.79. The van der Waals surface area contributed by atoms with E-state index in [1.165, 1.54) is 37.7 Å². The highest BCUT2D eigenvalue weighted by atomic mass is 16.1. The quantitative estimate of drug-likeness (QED) is 0.448. The average molecular weight is 449 g/mol. The zero-order valence-corrected chi connectivity index (χ0v) is 19.7. The number of carbonyl (C=O) groups excluding carboxylic acids is 1. The number of benzene rings is 1. The summed E-state index contributed by atoms with van der Waals surface area (Å²) < 4.78 is 1.85. The van der Waals surface area contributed by atoms with Crippen molar-refractivity contribution in [3.05, 3.63) is 48.4 Å². The molecule has 2 heterocycles. The van der Waals surface area contributed by atoms with E-state index >= 15 is 0 Å². The lowest BCUT2D eigenvalue weighted by atomic mass is 9.79. The third kappa shape index (κ3) is 6.30. The summed E-state index contributed by atoms with van der Waals surface area (Å²) in [6, 6.07) is 10.4. The van der Waals surface area contributed by atoms with Gasteiger partial charge in [-0.2, -0.15) is 5.10 Å². The Balaban J connectivity index is 1.25. The maximum atomic E-state index is 12.6. The molecule has 176 valence electrons. The molecule has 3 aromatic rings. The number of unbranched alkanes of at least 4 members (excludes halogenated alkanes) is 1. The van der Waals surface area contributed by atoms with E-state index in [1.54, 1.807) is 12.5 Å². The lowest BCUT2D eigenvalue weighted by Gasteiger charge is -2.27. The zero-order chi connectivity index (χ0) is 22.9. The fourth-order valence-corrected chi connectivity index (χ4v) is 4.80. The molecule has 1 aromatic carbocycles. The maximum Gasteiger partial charge on any atom is 0.223 e. The van der Waals surface area contributed by atoms with Crippen LogP contribution in [0.15, 0.2) is 42.9 Å². The lowest BCUT2D eigenvalue weighted by Crippen LogP contribution is -2.35. The second-order valence-corrected chi connectivity index (χ2v) is 9.14. The van der Waals surface area contributed by atoms with Crippen LogP contribution in [0.3, 0.4) is 0 Å². The summed E-state index contributed by atoms with van der Waals surface area (Å²) in [5.41, 5.74) is 2.08. The molecule has 0 unspecified atom stereocenters. The number of rotatable bonds is 11. The van der Waals surface area contributed by atoms with Crippen LogP contribution >= 0.6 is 0 Å². The van der Waals surface area contributed by atoms with Gasteiger partial charge in [0.25, 0.3) is 0 Å². The summed E-state index contributed by atoms with van der Waals surface area (Å²) in [5.74, 6) is 1.98. The summed E-state index contributed by atoms with van der Waals surface area (Å²) in [4.78, 5) is 21.4. The molecule has 0 radical (unpaired) electrons. The van der Waals surface area contributed by atoms with Gasteiger partial charge in [-0.1, -0.05) is 56.5 Å². The first kappa shape index (κ1) is 23.2. The summed E-state index contributed by atoms with van der Waals surface area (Å²) in [6.07, 6.45) is 12.6. The summed E-state index contributed by atoms with van der Waals surface area (Å²) in [6.45, 7) is 4.20. The standard InChI is InChI=1S/C26H36N6O/c1-2-3-7-21-10-12-22(13-11-21)26(33)28-16-17-32-25-23(18-31-32)24(29-19-30-25)27-15-14-20-8-5-4-6-9-20/h4-6,8-9,18-19,21-22H,2-3,7,10-17H2,1H3,(H,28,33)(H,27,29,30). The van der Waals surface area contributed by atoms with E-state index in [9.17, 15) is 4.79 Å². The number of nitrogens with zero attached hydrogens (tertiary/aromatic N) is 4. The Bertz CT molecular complexity index is 1010. The normalized spacial score (nSPS) is 18.3. The van der Waals surface area contributed by atoms with Crippen LogP contribution in [0.25, 0.3) is 11.0 Å². The Hall–Kier alpha value is -2.96. The number of nitrogens with one attached hydrogen (secondary N) is 2. The van der Waals surface area contributed by atoms with E-state index in [0.717, 1.165) is 48.6 Å². The highest BCUT2D eigenvalue weighted by molar-refractivity contribution is 5.86. The third-order valence-corrected chi connectivity index (χ3v) is 6.79. The van der Waals surface area contributed by atoms with Crippen molar-refractivity contribution in [2.45, 2.75) is 64.8 Å². The average Bonchev–Trinajstić information content (AvgIpc) is 3.27. The molecule has 0 atom stereocenters. The molecule has 1 saturated carbocycles. The molecule has 1 aliphatic rings. The molecule has 0 bridgehead atoms. The van der Waals surface area contributed by atoms with Crippen LogP contribution in [0.5, 0.6) is 0 Å². The lowest BCUT2D eigenvalue weighted by molar-refractivity contribution is -0.126. The first-order valence-electron chi connectivity index (χ1n) is 12.5. The van der Waals surface area contributed by atoms with Gasteiger partial charge in [-0.05, 0) is 43.6 Å². The molecule has 1 amide bonds. The van der Waals surface area contributed by atoms with Crippen molar-refractivity contribution in [3.8, 4) is 0 Å². The number of carbonyl (C=O) groups is 1. The van der Waals surface area contributed by atoms with Gasteiger partial charge in [-0.15, -0.1) is 0 Å². The van der Waals surface area contributed by atoms with Crippen molar-refractivity contribution in [2.24, 2.45) is 11.8 Å². The smallest absolute Gasteiger partial charge is 0.223 e. The molecule has 2 N–H and O–H groups in total. The number of hydrogen-bond acceptors (Lipinski definition) is 5. The Labute approximate surface area is 196 Å². The second kappa shape index (κ2) is 11.8. The fourth-order valence-electron chi connectivity index (χ4n) is 4.80. The predicted octanol–water partition coefficient (Wildman–Crippen LogP) is 4.59. The fraction of sp³-hybridized carbons (Fsp3) is 0.538. The Morgan fingerprint density at radius 2 is 1.91 bits per heavy atom. The predicted molar refractivity (Wildman–Crippen MR) is 132 cm³/mol. The van der Waals surface area contributed by atoms with E-state index in [4.69, 9.17) is 0 Å². The maximum absolute atomic E-state index is 12.6. The number of fused-ring (bicyclic) bond motifs is 1. The number of amides is 1. The highest BCUT2D eigenvalue weighted by Crippen LogP contribution is 2.32.